The van der Waals surface area contributed by atoms with E-state index in [1.54, 1.807) is 15.6 Å². The summed E-state index contributed by atoms with van der Waals surface area (Å²) in [6.07, 6.45) is 13.4. The van der Waals surface area contributed by atoms with E-state index in [4.69, 9.17) is 0 Å². The van der Waals surface area contributed by atoms with Gasteiger partial charge >= 0.3 is 21.7 Å². The molecule has 0 amide bonds. The molecule has 0 spiro atoms. The summed E-state index contributed by atoms with van der Waals surface area (Å²) in [6, 6.07) is 22.6. The minimum atomic E-state index is -2.55. The maximum Gasteiger partial charge on any atom is 4.00 e. The second-order valence-electron chi connectivity index (χ2n) is 14.9. The first-order chi connectivity index (χ1) is 18.7. The molecule has 3 unspecified atom stereocenters. The van der Waals surface area contributed by atoms with Crippen molar-refractivity contribution in [2.24, 2.45) is 11.8 Å². The normalized spacial score (nSPS) is 19.2. The van der Waals surface area contributed by atoms with Crippen LogP contribution < -0.4 is 52.8 Å². The van der Waals surface area contributed by atoms with Crippen LogP contribution in [0, 0.1) is 46.0 Å². The number of rotatable bonds is 4. The SMILES string of the molecule is Cc1cc(C)cc([Si](c2cc(C)cc(C)c2)(c2cc(C(C)(C)C)cc(C(C)(C)C)c2)C2[CH-]C3C=CC=CC3C2)c1.[Cl-].[Cl-].[Cl-].[Ti+4]. The summed E-state index contributed by atoms with van der Waals surface area (Å²) < 4.78 is 0. The fraction of sp³-hybridized carbons (Fsp3) is 0.410. The standard InChI is InChI=1S/C39H49Si.3ClH.Ti/c1-26-15-27(2)18-34(17-26)40(35-19-28(3)16-29(4)20-35,36-21-30-13-11-12-14-31(30)22-36)37-24-32(38(5,6)7)23-33(25-37)39(8,9)10;;;;/h11-21,23-25,30-31,36H,22H2,1-10H3;3*1H;/q-1;;;;+4/p-3. The van der Waals surface area contributed by atoms with Crippen LogP contribution in [0.2, 0.25) is 5.54 Å². The second kappa shape index (κ2) is 15.2. The van der Waals surface area contributed by atoms with Gasteiger partial charge in [-0.15, -0.1) is 12.0 Å². The fourth-order valence-electron chi connectivity index (χ4n) is 7.34. The van der Waals surface area contributed by atoms with Gasteiger partial charge in [0.2, 0.25) is 0 Å². The number of hydrogen-bond donors (Lipinski definition) is 0. The molecule has 0 aliphatic heterocycles. The molecule has 234 valence electrons. The minimum absolute atomic E-state index is 0. The third-order valence-electron chi connectivity index (χ3n) is 9.31. The van der Waals surface area contributed by atoms with Crippen LogP contribution in [0.15, 0.2) is 78.9 Å². The third kappa shape index (κ3) is 8.07. The fourth-order valence-corrected chi connectivity index (χ4v) is 13.4. The number of allylic oxidation sites excluding steroid dienone is 4. The van der Waals surface area contributed by atoms with Gasteiger partial charge in [-0.3, -0.25) is 0 Å². The van der Waals surface area contributed by atoms with E-state index in [-0.39, 0.29) is 69.8 Å². The molecular weight excluding hydrogens is 651 g/mol. The van der Waals surface area contributed by atoms with Gasteiger partial charge in [0, 0.05) is 0 Å². The van der Waals surface area contributed by atoms with Gasteiger partial charge in [0.25, 0.3) is 0 Å². The van der Waals surface area contributed by atoms with E-state index in [0.29, 0.717) is 17.4 Å². The molecule has 5 rings (SSSR count). The van der Waals surface area contributed by atoms with Gasteiger partial charge in [0.15, 0.2) is 0 Å². The van der Waals surface area contributed by atoms with E-state index in [9.17, 15) is 0 Å². The molecule has 2 aliphatic rings. The van der Waals surface area contributed by atoms with E-state index >= 15 is 0 Å². The number of benzene rings is 3. The van der Waals surface area contributed by atoms with Crippen molar-refractivity contribution in [1.82, 2.24) is 0 Å². The van der Waals surface area contributed by atoms with E-state index < -0.39 is 8.07 Å². The molecule has 5 heteroatoms. The molecular formula is C39H49Cl3SiTi. The summed E-state index contributed by atoms with van der Waals surface area (Å²) in [4.78, 5) is 0. The maximum absolute atomic E-state index is 2.76. The van der Waals surface area contributed by atoms with Gasteiger partial charge in [0.1, 0.15) is 8.07 Å². The molecule has 3 aromatic carbocycles. The van der Waals surface area contributed by atoms with Crippen molar-refractivity contribution in [1.29, 1.82) is 0 Å². The summed E-state index contributed by atoms with van der Waals surface area (Å²) in [7, 11) is -2.55. The van der Waals surface area contributed by atoms with Crippen molar-refractivity contribution >= 4 is 23.6 Å². The van der Waals surface area contributed by atoms with Crippen LogP contribution >= 0.6 is 0 Å². The van der Waals surface area contributed by atoms with Crippen molar-refractivity contribution < 1.29 is 58.9 Å². The van der Waals surface area contributed by atoms with Crippen LogP contribution in [0.1, 0.15) is 81.3 Å². The molecule has 3 atom stereocenters. The predicted molar refractivity (Wildman–Crippen MR) is 178 cm³/mol. The maximum atomic E-state index is 2.76. The zero-order chi connectivity index (χ0) is 29.0. The molecule has 0 N–H and O–H groups in total. The van der Waals surface area contributed by atoms with Gasteiger partial charge in [-0.25, -0.2) is 0 Å². The Labute approximate surface area is 303 Å². The Hall–Kier alpha value is -1.06. The molecule has 0 bridgehead atoms. The zero-order valence-electron chi connectivity index (χ0n) is 28.2. The average Bonchev–Trinajstić information content (AvgIpc) is 3.26. The average molecular weight is 700 g/mol. The second-order valence-corrected chi connectivity index (χ2v) is 19.0. The predicted octanol–water partition coefficient (Wildman–Crippen LogP) is -0.668. The van der Waals surface area contributed by atoms with Crippen LogP contribution in [0.5, 0.6) is 0 Å². The summed E-state index contributed by atoms with van der Waals surface area (Å²) >= 11 is 0. The van der Waals surface area contributed by atoms with Crippen molar-refractivity contribution in [3.05, 3.63) is 119 Å². The molecule has 0 saturated heterocycles. The number of hydrogen-bond acceptors (Lipinski definition) is 0. The van der Waals surface area contributed by atoms with Crippen LogP contribution in [-0.4, -0.2) is 8.07 Å². The van der Waals surface area contributed by atoms with E-state index in [1.165, 1.54) is 39.8 Å². The van der Waals surface area contributed by atoms with E-state index in [1.807, 2.05) is 0 Å². The summed E-state index contributed by atoms with van der Waals surface area (Å²) in [6.45, 7) is 23.4. The topological polar surface area (TPSA) is 0 Å². The zero-order valence-corrected chi connectivity index (χ0v) is 33.0. The van der Waals surface area contributed by atoms with Crippen LogP contribution in [0.25, 0.3) is 0 Å². The Morgan fingerprint density at radius 1 is 0.568 bits per heavy atom. The molecule has 1 fully saturated rings. The van der Waals surface area contributed by atoms with E-state index in [0.717, 1.165) is 0 Å². The van der Waals surface area contributed by atoms with E-state index in [2.05, 4.69) is 155 Å². The van der Waals surface area contributed by atoms with Gasteiger partial charge < -0.3 is 43.6 Å². The molecule has 0 aromatic heterocycles. The first-order valence-corrected chi connectivity index (χ1v) is 17.3. The largest absolute Gasteiger partial charge is 4.00 e. The van der Waals surface area contributed by atoms with Gasteiger partial charge in [-0.1, -0.05) is 159 Å². The Morgan fingerprint density at radius 3 is 1.34 bits per heavy atom. The van der Waals surface area contributed by atoms with Crippen molar-refractivity contribution in [2.75, 3.05) is 0 Å². The first kappa shape index (κ1) is 41.0. The van der Waals surface area contributed by atoms with Gasteiger partial charge in [0.05, 0.1) is 0 Å². The summed E-state index contributed by atoms with van der Waals surface area (Å²) in [5.41, 5.74) is 9.03. The Morgan fingerprint density at radius 2 is 0.955 bits per heavy atom. The number of aryl methyl sites for hydroxylation is 4. The smallest absolute Gasteiger partial charge is 1.00 e. The summed E-state index contributed by atoms with van der Waals surface area (Å²) in [5, 5.41) is 4.70. The van der Waals surface area contributed by atoms with Gasteiger partial charge in [-0.05, 0) is 55.6 Å². The summed E-state index contributed by atoms with van der Waals surface area (Å²) in [5.74, 6) is 1.11. The Kier molecular flexibility index (Phi) is 14.2. The first-order valence-electron chi connectivity index (χ1n) is 15.2. The molecule has 0 nitrogen and oxygen atoms in total. The van der Waals surface area contributed by atoms with Crippen LogP contribution in [-0.2, 0) is 32.5 Å². The molecule has 0 heterocycles. The molecule has 3 aromatic rings. The monoisotopic (exact) mass is 698 g/mol. The van der Waals surface area contributed by atoms with Crippen molar-refractivity contribution in [3.63, 3.8) is 0 Å². The number of fused-ring (bicyclic) bond motifs is 1. The molecule has 44 heavy (non-hydrogen) atoms. The van der Waals surface area contributed by atoms with Crippen molar-refractivity contribution in [2.45, 2.75) is 92.0 Å². The van der Waals surface area contributed by atoms with Gasteiger partial charge in [-0.2, -0.15) is 5.54 Å². The van der Waals surface area contributed by atoms with Crippen LogP contribution in [0.4, 0.5) is 0 Å². The molecule has 1 saturated carbocycles. The Bertz CT molecular complexity index is 1350. The Balaban J connectivity index is 0.00000242. The molecule has 2 aliphatic carbocycles. The third-order valence-corrected chi connectivity index (χ3v) is 14.4. The quantitative estimate of drug-likeness (QED) is 0.193. The molecule has 0 radical (unpaired) electrons. The van der Waals surface area contributed by atoms with Crippen molar-refractivity contribution in [3.8, 4) is 0 Å². The number of halogens is 3. The minimum Gasteiger partial charge on any atom is -1.00 e. The van der Waals surface area contributed by atoms with Crippen LogP contribution in [0.3, 0.4) is 0 Å².